The third-order valence-corrected chi connectivity index (χ3v) is 6.57. The Kier molecular flexibility index (Phi) is 6.29. The van der Waals surface area contributed by atoms with Gasteiger partial charge in [0.2, 0.25) is 10.0 Å². The van der Waals surface area contributed by atoms with Crippen LogP contribution in [0.15, 0.2) is 65.3 Å². The number of nitrogens with one attached hydrogen (secondary N) is 1. The molecule has 0 aliphatic carbocycles. The number of furan rings is 1. The van der Waals surface area contributed by atoms with Gasteiger partial charge in [-0.05, 0) is 30.5 Å². The molecule has 0 aliphatic heterocycles. The number of benzene rings is 2. The maximum Gasteiger partial charge on any atom is 0.284 e. The highest BCUT2D eigenvalue weighted by atomic mass is 32.2. The quantitative estimate of drug-likeness (QED) is 0.417. The summed E-state index contributed by atoms with van der Waals surface area (Å²) in [5.74, 6) is -0.715. The Morgan fingerprint density at radius 2 is 1.84 bits per heavy atom. The maximum atomic E-state index is 12.4. The molecule has 7 nitrogen and oxygen atoms in total. The van der Waals surface area contributed by atoms with Crippen molar-refractivity contribution in [2.24, 2.45) is 0 Å². The minimum Gasteiger partial charge on any atom is -0.464 e. The van der Waals surface area contributed by atoms with E-state index in [1.54, 1.807) is 13.2 Å². The van der Waals surface area contributed by atoms with E-state index in [1.165, 1.54) is 11.3 Å². The van der Waals surface area contributed by atoms with Crippen LogP contribution in [0.4, 0.5) is 5.13 Å². The summed E-state index contributed by atoms with van der Waals surface area (Å²) in [4.78, 5) is 19.6. The largest absolute Gasteiger partial charge is 0.464 e. The van der Waals surface area contributed by atoms with Crippen molar-refractivity contribution in [3.63, 3.8) is 0 Å². The minimum absolute atomic E-state index is 0.127. The monoisotopic (exact) mass is 469 g/mol. The molecule has 4 aromatic rings. The summed E-state index contributed by atoms with van der Waals surface area (Å²) in [5, 5.41) is 1.74. The molecular formula is C23H23N3O4S2. The first-order chi connectivity index (χ1) is 15.3. The number of fused-ring (bicyclic) bond motifs is 1. The Hall–Kier alpha value is -3.17. The third kappa shape index (κ3) is 5.17. The van der Waals surface area contributed by atoms with Gasteiger partial charge in [-0.1, -0.05) is 48.5 Å². The molecule has 9 heteroatoms. The average molecular weight is 470 g/mol. The number of anilines is 1. The van der Waals surface area contributed by atoms with Gasteiger partial charge in [0.15, 0.2) is 5.13 Å². The summed E-state index contributed by atoms with van der Waals surface area (Å²) >= 11 is 1.37. The molecule has 166 valence electrons. The van der Waals surface area contributed by atoms with E-state index in [0.717, 1.165) is 34.8 Å². The molecule has 4 rings (SSSR count). The number of para-hydroxylation sites is 1. The second kappa shape index (κ2) is 9.13. The van der Waals surface area contributed by atoms with Crippen molar-refractivity contribution in [2.75, 3.05) is 17.7 Å². The molecule has 0 unspecified atom stereocenters. The third-order valence-electron chi connectivity index (χ3n) is 4.98. The SMILES string of the molecule is Cc1sc(N(CCc2coc3ccccc23)Cc2ccccc2)nc1C(=O)NS(C)(=O)=O. The lowest BCUT2D eigenvalue weighted by atomic mass is 10.1. The number of carbonyl (C=O) groups excluding carboxylic acids is 1. The number of hydrogen-bond acceptors (Lipinski definition) is 7. The number of thiazole rings is 1. The fraction of sp³-hybridized carbons (Fsp3) is 0.217. The second-order valence-electron chi connectivity index (χ2n) is 7.52. The van der Waals surface area contributed by atoms with Gasteiger partial charge in [-0.15, -0.1) is 11.3 Å². The van der Waals surface area contributed by atoms with Crippen molar-refractivity contribution in [1.82, 2.24) is 9.71 Å². The van der Waals surface area contributed by atoms with Crippen molar-refractivity contribution in [3.05, 3.63) is 82.6 Å². The second-order valence-corrected chi connectivity index (χ2v) is 10.4. The number of carbonyl (C=O) groups is 1. The van der Waals surface area contributed by atoms with Crippen LogP contribution in [0.1, 0.15) is 26.5 Å². The van der Waals surface area contributed by atoms with Crippen LogP contribution in [-0.2, 0) is 23.0 Å². The Bertz CT molecular complexity index is 1340. The predicted octanol–water partition coefficient (Wildman–Crippen LogP) is 4.14. The van der Waals surface area contributed by atoms with Crippen molar-refractivity contribution >= 4 is 43.4 Å². The van der Waals surface area contributed by atoms with Gasteiger partial charge in [0.1, 0.15) is 11.3 Å². The Morgan fingerprint density at radius 1 is 1.12 bits per heavy atom. The maximum absolute atomic E-state index is 12.4. The van der Waals surface area contributed by atoms with Gasteiger partial charge in [0.25, 0.3) is 5.91 Å². The zero-order valence-corrected chi connectivity index (χ0v) is 19.4. The number of hydrogen-bond donors (Lipinski definition) is 1. The van der Waals surface area contributed by atoms with Gasteiger partial charge in [-0.2, -0.15) is 0 Å². The van der Waals surface area contributed by atoms with Crippen LogP contribution < -0.4 is 9.62 Å². The highest BCUT2D eigenvalue weighted by Crippen LogP contribution is 2.28. The number of sulfonamides is 1. The minimum atomic E-state index is -3.67. The van der Waals surface area contributed by atoms with E-state index in [-0.39, 0.29) is 5.69 Å². The van der Waals surface area contributed by atoms with Gasteiger partial charge >= 0.3 is 0 Å². The topological polar surface area (TPSA) is 92.5 Å². The lowest BCUT2D eigenvalue weighted by molar-refractivity contribution is 0.0977. The van der Waals surface area contributed by atoms with Gasteiger partial charge in [-0.3, -0.25) is 4.79 Å². The van der Waals surface area contributed by atoms with E-state index in [1.807, 2.05) is 59.3 Å². The summed E-state index contributed by atoms with van der Waals surface area (Å²) in [6.45, 7) is 3.03. The van der Waals surface area contributed by atoms with Crippen LogP contribution in [0.5, 0.6) is 0 Å². The summed E-state index contributed by atoms with van der Waals surface area (Å²) in [7, 11) is -3.67. The Morgan fingerprint density at radius 3 is 2.59 bits per heavy atom. The number of aryl methyl sites for hydroxylation is 1. The van der Waals surface area contributed by atoms with Gasteiger partial charge in [-0.25, -0.2) is 18.1 Å². The van der Waals surface area contributed by atoms with Crippen LogP contribution in [0.25, 0.3) is 11.0 Å². The molecule has 0 saturated carbocycles. The number of amides is 1. The Labute approximate surface area is 190 Å². The van der Waals surface area contributed by atoms with E-state index in [2.05, 4.69) is 9.88 Å². The van der Waals surface area contributed by atoms with Crippen molar-refractivity contribution < 1.29 is 17.6 Å². The normalized spacial score (nSPS) is 11.6. The molecule has 1 N–H and O–H groups in total. The summed E-state index contributed by atoms with van der Waals surface area (Å²) in [5.41, 5.74) is 3.19. The van der Waals surface area contributed by atoms with Crippen LogP contribution >= 0.6 is 11.3 Å². The zero-order valence-electron chi connectivity index (χ0n) is 17.7. The van der Waals surface area contributed by atoms with Crippen LogP contribution in [0.3, 0.4) is 0 Å². The van der Waals surface area contributed by atoms with E-state index in [0.29, 0.717) is 23.1 Å². The van der Waals surface area contributed by atoms with Crippen molar-refractivity contribution in [2.45, 2.75) is 19.9 Å². The van der Waals surface area contributed by atoms with E-state index < -0.39 is 15.9 Å². The molecule has 32 heavy (non-hydrogen) atoms. The molecule has 0 fully saturated rings. The summed E-state index contributed by atoms with van der Waals surface area (Å²) in [6, 6.07) is 17.9. The first kappa shape index (κ1) is 22.0. The number of aromatic nitrogens is 1. The summed E-state index contributed by atoms with van der Waals surface area (Å²) < 4.78 is 30.6. The summed E-state index contributed by atoms with van der Waals surface area (Å²) in [6.07, 6.45) is 3.46. The first-order valence-corrected chi connectivity index (χ1v) is 12.7. The fourth-order valence-electron chi connectivity index (χ4n) is 3.47. The van der Waals surface area contributed by atoms with E-state index >= 15 is 0 Å². The standard InChI is InChI=1S/C23H23N3O4S2/c1-16-21(22(27)25-32(2,28)29)24-23(31-16)26(14-17-8-4-3-5-9-17)13-12-18-15-30-20-11-7-6-10-19(18)20/h3-11,15H,12-14H2,1-2H3,(H,25,27). The number of nitrogens with zero attached hydrogens (tertiary/aromatic N) is 2. The van der Waals surface area contributed by atoms with Gasteiger partial charge in [0.05, 0.1) is 12.5 Å². The predicted molar refractivity (Wildman–Crippen MR) is 127 cm³/mol. The van der Waals surface area contributed by atoms with Crippen LogP contribution in [0, 0.1) is 6.92 Å². The molecule has 2 heterocycles. The molecule has 0 atom stereocenters. The zero-order chi connectivity index (χ0) is 22.7. The molecule has 0 radical (unpaired) electrons. The average Bonchev–Trinajstić information content (AvgIpc) is 3.34. The smallest absolute Gasteiger partial charge is 0.284 e. The van der Waals surface area contributed by atoms with Crippen molar-refractivity contribution in [1.29, 1.82) is 0 Å². The molecule has 2 aromatic carbocycles. The van der Waals surface area contributed by atoms with Crippen molar-refractivity contribution in [3.8, 4) is 0 Å². The molecule has 0 aliphatic rings. The van der Waals surface area contributed by atoms with E-state index in [4.69, 9.17) is 4.42 Å². The molecule has 1 amide bonds. The van der Waals surface area contributed by atoms with Gasteiger partial charge < -0.3 is 9.32 Å². The van der Waals surface area contributed by atoms with Crippen LogP contribution in [0.2, 0.25) is 0 Å². The highest BCUT2D eigenvalue weighted by molar-refractivity contribution is 7.89. The first-order valence-electron chi connectivity index (χ1n) is 10.0. The molecule has 0 bridgehead atoms. The molecule has 0 spiro atoms. The number of rotatable bonds is 8. The lowest BCUT2D eigenvalue weighted by Gasteiger charge is -2.22. The van der Waals surface area contributed by atoms with E-state index in [9.17, 15) is 13.2 Å². The highest BCUT2D eigenvalue weighted by Gasteiger charge is 2.21. The fourth-order valence-corrected chi connectivity index (χ4v) is 4.84. The molecule has 2 aromatic heterocycles. The van der Waals surface area contributed by atoms with Gasteiger partial charge in [0, 0.05) is 23.4 Å². The lowest BCUT2D eigenvalue weighted by Crippen LogP contribution is -2.30. The van der Waals surface area contributed by atoms with Crippen LogP contribution in [-0.4, -0.2) is 32.1 Å². The Balaban J connectivity index is 1.61. The molecule has 0 saturated heterocycles. The molecular weight excluding hydrogens is 446 g/mol.